The number of hydrogen-bond acceptors (Lipinski definition) is 4. The van der Waals surface area contributed by atoms with Gasteiger partial charge in [-0.1, -0.05) is 18.2 Å². The molecule has 0 saturated carbocycles. The summed E-state index contributed by atoms with van der Waals surface area (Å²) < 4.78 is 10.4. The zero-order chi connectivity index (χ0) is 15.7. The smallest absolute Gasteiger partial charge is 0.324 e. The van der Waals surface area contributed by atoms with Crippen molar-refractivity contribution in [2.24, 2.45) is 11.3 Å². The Hall–Kier alpha value is -1.58. The summed E-state index contributed by atoms with van der Waals surface area (Å²) in [4.78, 5) is 25.2. The first-order chi connectivity index (χ1) is 10.1. The van der Waals surface area contributed by atoms with Crippen LogP contribution in [0.15, 0.2) is 24.8 Å². The summed E-state index contributed by atoms with van der Waals surface area (Å²) in [7, 11) is 0. The second-order valence-electron chi connectivity index (χ2n) is 5.21. The van der Waals surface area contributed by atoms with Crippen molar-refractivity contribution in [1.29, 1.82) is 0 Å². The largest absolute Gasteiger partial charge is 0.465 e. The molecule has 21 heavy (non-hydrogen) atoms. The van der Waals surface area contributed by atoms with Crippen molar-refractivity contribution in [3.05, 3.63) is 24.8 Å². The summed E-state index contributed by atoms with van der Waals surface area (Å²) in [5.41, 5.74) is -1.24. The highest BCUT2D eigenvalue weighted by Crippen LogP contribution is 2.42. The van der Waals surface area contributed by atoms with Gasteiger partial charge in [-0.25, -0.2) is 0 Å². The fourth-order valence-corrected chi connectivity index (χ4v) is 2.85. The van der Waals surface area contributed by atoms with Crippen LogP contribution in [0.1, 0.15) is 46.0 Å². The summed E-state index contributed by atoms with van der Waals surface area (Å²) in [5.74, 6) is -1.10. The lowest BCUT2D eigenvalue weighted by Gasteiger charge is -2.36. The molecule has 0 bridgehead atoms. The molecule has 0 N–H and O–H groups in total. The SMILES string of the molecule is C=CCCC(C(=O)OCC)(C(=O)OCC)C1C=CCCC1. The Labute approximate surface area is 127 Å². The summed E-state index contributed by atoms with van der Waals surface area (Å²) in [6, 6.07) is 0. The van der Waals surface area contributed by atoms with Gasteiger partial charge in [0, 0.05) is 5.92 Å². The molecule has 118 valence electrons. The van der Waals surface area contributed by atoms with E-state index in [1.807, 2.05) is 12.2 Å². The number of rotatable bonds is 8. The minimum absolute atomic E-state index is 0.163. The first-order valence-corrected chi connectivity index (χ1v) is 7.75. The van der Waals surface area contributed by atoms with E-state index < -0.39 is 17.4 Å². The van der Waals surface area contributed by atoms with Crippen LogP contribution in [-0.4, -0.2) is 25.2 Å². The third-order valence-corrected chi connectivity index (χ3v) is 3.91. The zero-order valence-corrected chi connectivity index (χ0v) is 13.1. The van der Waals surface area contributed by atoms with Gasteiger partial charge in [0.15, 0.2) is 5.41 Å². The second kappa shape index (κ2) is 8.65. The average Bonchev–Trinajstić information content (AvgIpc) is 2.50. The Bertz CT molecular complexity index is 380. The van der Waals surface area contributed by atoms with Crippen LogP contribution < -0.4 is 0 Å². The number of carbonyl (C=O) groups is 2. The fourth-order valence-electron chi connectivity index (χ4n) is 2.85. The average molecular weight is 294 g/mol. The second-order valence-corrected chi connectivity index (χ2v) is 5.21. The van der Waals surface area contributed by atoms with E-state index in [1.54, 1.807) is 19.9 Å². The molecule has 0 saturated heterocycles. The maximum atomic E-state index is 12.6. The van der Waals surface area contributed by atoms with Gasteiger partial charge in [-0.15, -0.1) is 6.58 Å². The monoisotopic (exact) mass is 294 g/mol. The Morgan fingerprint density at radius 2 is 1.90 bits per heavy atom. The quantitative estimate of drug-likeness (QED) is 0.391. The Kier molecular flexibility index (Phi) is 7.20. The predicted octanol–water partition coefficient (Wildman–Crippen LogP) is 3.42. The highest BCUT2D eigenvalue weighted by Gasteiger charge is 2.53. The van der Waals surface area contributed by atoms with Crippen LogP contribution in [0.3, 0.4) is 0 Å². The van der Waals surface area contributed by atoms with E-state index in [0.717, 1.165) is 19.3 Å². The minimum Gasteiger partial charge on any atom is -0.465 e. The lowest BCUT2D eigenvalue weighted by Crippen LogP contribution is -2.47. The van der Waals surface area contributed by atoms with Gasteiger partial charge >= 0.3 is 11.9 Å². The Balaban J connectivity index is 3.20. The molecule has 1 rings (SSSR count). The molecule has 0 aromatic heterocycles. The number of carbonyl (C=O) groups excluding carboxylic acids is 2. The molecule has 0 spiro atoms. The molecule has 0 aromatic carbocycles. The normalized spacial score (nSPS) is 18.1. The molecule has 0 radical (unpaired) electrons. The molecule has 0 aliphatic heterocycles. The first-order valence-electron chi connectivity index (χ1n) is 7.75. The highest BCUT2D eigenvalue weighted by atomic mass is 16.6. The van der Waals surface area contributed by atoms with Gasteiger partial charge in [0.2, 0.25) is 0 Å². The number of ether oxygens (including phenoxy) is 2. The number of esters is 2. The molecule has 1 aliphatic carbocycles. The Morgan fingerprint density at radius 3 is 2.33 bits per heavy atom. The van der Waals surface area contributed by atoms with E-state index in [-0.39, 0.29) is 19.1 Å². The standard InChI is InChI=1S/C17H26O4/c1-4-7-13-17(15(18)20-5-2,16(19)21-6-3)14-11-9-8-10-12-14/h4,9,11,14H,1,5-8,10,12-13H2,2-3H3. The van der Waals surface area contributed by atoms with Gasteiger partial charge in [0.1, 0.15) is 0 Å². The van der Waals surface area contributed by atoms with E-state index in [2.05, 4.69) is 6.58 Å². The summed E-state index contributed by atoms with van der Waals surface area (Å²) in [6.07, 6.45) is 9.43. The third-order valence-electron chi connectivity index (χ3n) is 3.91. The van der Waals surface area contributed by atoms with E-state index in [1.165, 1.54) is 0 Å². The van der Waals surface area contributed by atoms with Crippen molar-refractivity contribution in [1.82, 2.24) is 0 Å². The van der Waals surface area contributed by atoms with Crippen molar-refractivity contribution in [2.45, 2.75) is 46.0 Å². The van der Waals surface area contributed by atoms with Crippen molar-refractivity contribution in [3.8, 4) is 0 Å². The molecular weight excluding hydrogens is 268 g/mol. The van der Waals surface area contributed by atoms with Crippen LogP contribution in [-0.2, 0) is 19.1 Å². The molecule has 1 aliphatic rings. The Morgan fingerprint density at radius 1 is 1.29 bits per heavy atom. The van der Waals surface area contributed by atoms with E-state index in [4.69, 9.17) is 9.47 Å². The maximum absolute atomic E-state index is 12.6. The van der Waals surface area contributed by atoms with Gasteiger partial charge in [-0.2, -0.15) is 0 Å². The molecule has 1 unspecified atom stereocenters. The van der Waals surface area contributed by atoms with Crippen LogP contribution in [0, 0.1) is 11.3 Å². The van der Waals surface area contributed by atoms with E-state index in [9.17, 15) is 9.59 Å². The molecule has 0 heterocycles. The zero-order valence-electron chi connectivity index (χ0n) is 13.1. The molecular formula is C17H26O4. The first kappa shape index (κ1) is 17.5. The molecule has 0 fully saturated rings. The van der Waals surface area contributed by atoms with E-state index in [0.29, 0.717) is 12.8 Å². The topological polar surface area (TPSA) is 52.6 Å². The number of allylic oxidation sites excluding steroid dienone is 3. The van der Waals surface area contributed by atoms with Crippen LogP contribution in [0.25, 0.3) is 0 Å². The molecule has 4 nitrogen and oxygen atoms in total. The van der Waals surface area contributed by atoms with E-state index >= 15 is 0 Å². The van der Waals surface area contributed by atoms with Crippen LogP contribution in [0.2, 0.25) is 0 Å². The van der Waals surface area contributed by atoms with Gasteiger partial charge in [-0.05, 0) is 46.0 Å². The van der Waals surface area contributed by atoms with Crippen LogP contribution in [0.5, 0.6) is 0 Å². The van der Waals surface area contributed by atoms with Gasteiger partial charge in [0.05, 0.1) is 13.2 Å². The summed E-state index contributed by atoms with van der Waals surface area (Å²) in [6.45, 7) is 7.70. The van der Waals surface area contributed by atoms with Gasteiger partial charge in [0.25, 0.3) is 0 Å². The molecule has 0 aromatic rings. The third kappa shape index (κ3) is 3.96. The van der Waals surface area contributed by atoms with Crippen molar-refractivity contribution < 1.29 is 19.1 Å². The predicted molar refractivity (Wildman–Crippen MR) is 81.6 cm³/mol. The summed E-state index contributed by atoms with van der Waals surface area (Å²) >= 11 is 0. The highest BCUT2D eigenvalue weighted by molar-refractivity contribution is 6.00. The molecule has 0 amide bonds. The van der Waals surface area contributed by atoms with Crippen molar-refractivity contribution >= 4 is 11.9 Å². The molecule has 1 atom stereocenters. The fraction of sp³-hybridized carbons (Fsp3) is 0.647. The summed E-state index contributed by atoms with van der Waals surface area (Å²) in [5, 5.41) is 0. The van der Waals surface area contributed by atoms with Gasteiger partial charge < -0.3 is 9.47 Å². The minimum atomic E-state index is -1.24. The number of hydrogen-bond donors (Lipinski definition) is 0. The lowest BCUT2D eigenvalue weighted by molar-refractivity contribution is -0.176. The van der Waals surface area contributed by atoms with Crippen molar-refractivity contribution in [2.75, 3.05) is 13.2 Å². The lowest BCUT2D eigenvalue weighted by atomic mass is 9.68. The molecule has 4 heteroatoms. The van der Waals surface area contributed by atoms with Gasteiger partial charge in [-0.3, -0.25) is 9.59 Å². The van der Waals surface area contributed by atoms with Crippen LogP contribution in [0.4, 0.5) is 0 Å². The van der Waals surface area contributed by atoms with Crippen LogP contribution >= 0.6 is 0 Å². The van der Waals surface area contributed by atoms with Crippen molar-refractivity contribution in [3.63, 3.8) is 0 Å². The maximum Gasteiger partial charge on any atom is 0.324 e.